The number of ether oxygens (including phenoxy) is 1. The highest BCUT2D eigenvalue weighted by molar-refractivity contribution is 6.30. The second kappa shape index (κ2) is 10.2. The topological polar surface area (TPSA) is 73.9 Å². The van der Waals surface area contributed by atoms with Crippen LogP contribution in [0.25, 0.3) is 0 Å². The lowest BCUT2D eigenvalue weighted by Crippen LogP contribution is -2.51. The van der Waals surface area contributed by atoms with Crippen LogP contribution in [0.15, 0.2) is 59.8 Å². The van der Waals surface area contributed by atoms with Crippen molar-refractivity contribution in [1.82, 2.24) is 15.5 Å². The van der Waals surface area contributed by atoms with Crippen molar-refractivity contribution in [2.24, 2.45) is 0 Å². The maximum absolute atomic E-state index is 13.9. The molecular weight excluding hydrogens is 447 g/mol. The quantitative estimate of drug-likeness (QED) is 0.630. The number of rotatable bonds is 6. The van der Waals surface area contributed by atoms with Gasteiger partial charge in [0.2, 0.25) is 0 Å². The number of amides is 2. The number of hydrogen-bond donors (Lipinski definition) is 2. The lowest BCUT2D eigenvalue weighted by atomic mass is 9.94. The van der Waals surface area contributed by atoms with Gasteiger partial charge in [-0.15, -0.1) is 0 Å². The van der Waals surface area contributed by atoms with E-state index in [9.17, 15) is 14.0 Å². The highest BCUT2D eigenvalue weighted by Gasteiger charge is 2.34. The SMILES string of the molecule is CCOC(=O)C1=C(CN2CCN(c3cccc(Cl)c3)CC2)NC(=O)NC1c1cccc(F)c1. The molecule has 4 rings (SSSR count). The van der Waals surface area contributed by atoms with Gasteiger partial charge in [0, 0.05) is 49.1 Å². The van der Waals surface area contributed by atoms with Crippen molar-refractivity contribution in [3.05, 3.63) is 76.2 Å². The first-order valence-corrected chi connectivity index (χ1v) is 11.3. The van der Waals surface area contributed by atoms with Crippen molar-refractivity contribution < 1.29 is 18.7 Å². The van der Waals surface area contributed by atoms with Crippen LogP contribution in [0.1, 0.15) is 18.5 Å². The first-order valence-electron chi connectivity index (χ1n) is 10.9. The highest BCUT2D eigenvalue weighted by Crippen LogP contribution is 2.29. The number of hydrogen-bond acceptors (Lipinski definition) is 5. The van der Waals surface area contributed by atoms with Crippen molar-refractivity contribution in [1.29, 1.82) is 0 Å². The number of halogens is 2. The molecule has 2 aliphatic heterocycles. The van der Waals surface area contributed by atoms with Crippen molar-refractivity contribution >= 4 is 29.3 Å². The molecule has 1 unspecified atom stereocenters. The van der Waals surface area contributed by atoms with E-state index in [4.69, 9.17) is 16.3 Å². The Labute approximate surface area is 197 Å². The van der Waals surface area contributed by atoms with Crippen molar-refractivity contribution in [2.75, 3.05) is 44.2 Å². The number of carbonyl (C=O) groups is 2. The summed E-state index contributed by atoms with van der Waals surface area (Å²) in [6.45, 7) is 5.32. The second-order valence-electron chi connectivity index (χ2n) is 7.94. The van der Waals surface area contributed by atoms with E-state index in [1.165, 1.54) is 12.1 Å². The summed E-state index contributed by atoms with van der Waals surface area (Å²) in [5.41, 5.74) is 2.31. The molecule has 174 valence electrons. The predicted octanol–water partition coefficient (Wildman–Crippen LogP) is 3.47. The summed E-state index contributed by atoms with van der Waals surface area (Å²) in [5, 5.41) is 6.21. The molecule has 2 aromatic carbocycles. The molecular formula is C24H26ClFN4O3. The van der Waals surface area contributed by atoms with Gasteiger partial charge in [-0.05, 0) is 42.8 Å². The highest BCUT2D eigenvalue weighted by atomic mass is 35.5. The third-order valence-corrected chi connectivity index (χ3v) is 5.99. The van der Waals surface area contributed by atoms with Crippen LogP contribution in [0, 0.1) is 5.82 Å². The van der Waals surface area contributed by atoms with Gasteiger partial charge in [-0.25, -0.2) is 14.0 Å². The van der Waals surface area contributed by atoms with Crippen LogP contribution in [0.2, 0.25) is 5.02 Å². The van der Waals surface area contributed by atoms with E-state index in [1.807, 2.05) is 24.3 Å². The number of carbonyl (C=O) groups excluding carboxylic acids is 2. The Morgan fingerprint density at radius 3 is 2.61 bits per heavy atom. The zero-order valence-corrected chi connectivity index (χ0v) is 19.1. The minimum Gasteiger partial charge on any atom is -0.463 e. The molecule has 0 spiro atoms. The van der Waals surface area contributed by atoms with E-state index < -0.39 is 23.9 Å². The Morgan fingerprint density at radius 1 is 1.15 bits per heavy atom. The standard InChI is InChI=1S/C24H26ClFN4O3/c1-2-33-23(31)21-20(27-24(32)28-22(21)16-5-3-7-18(26)13-16)15-29-9-11-30(12-10-29)19-8-4-6-17(25)14-19/h3-8,13-14,22H,2,9-12,15H2,1H3,(H2,27,28,32). The van der Waals surface area contributed by atoms with Crippen LogP contribution >= 0.6 is 11.6 Å². The lowest BCUT2D eigenvalue weighted by Gasteiger charge is -2.38. The first kappa shape index (κ1) is 23.1. The average molecular weight is 473 g/mol. The monoisotopic (exact) mass is 472 g/mol. The summed E-state index contributed by atoms with van der Waals surface area (Å²) >= 11 is 6.12. The number of piperazine rings is 1. The normalized spacial score (nSPS) is 19.2. The number of nitrogens with zero attached hydrogens (tertiary/aromatic N) is 2. The van der Waals surface area contributed by atoms with Gasteiger partial charge in [0.1, 0.15) is 5.82 Å². The van der Waals surface area contributed by atoms with Gasteiger partial charge in [-0.2, -0.15) is 0 Å². The first-order chi connectivity index (χ1) is 15.9. The van der Waals surface area contributed by atoms with Gasteiger partial charge < -0.3 is 20.3 Å². The Balaban J connectivity index is 1.56. The molecule has 2 N–H and O–H groups in total. The molecule has 2 aromatic rings. The molecule has 33 heavy (non-hydrogen) atoms. The molecule has 0 saturated carbocycles. The van der Waals surface area contributed by atoms with E-state index in [-0.39, 0.29) is 6.61 Å². The predicted molar refractivity (Wildman–Crippen MR) is 125 cm³/mol. The molecule has 9 heteroatoms. The summed E-state index contributed by atoms with van der Waals surface area (Å²) in [4.78, 5) is 29.7. The summed E-state index contributed by atoms with van der Waals surface area (Å²) < 4.78 is 19.2. The van der Waals surface area contributed by atoms with Crippen LogP contribution in [0.5, 0.6) is 0 Å². The van der Waals surface area contributed by atoms with E-state index in [1.54, 1.807) is 19.1 Å². The van der Waals surface area contributed by atoms with Crippen molar-refractivity contribution in [3.63, 3.8) is 0 Å². The van der Waals surface area contributed by atoms with Gasteiger partial charge >= 0.3 is 12.0 Å². The summed E-state index contributed by atoms with van der Waals surface area (Å²) in [5.74, 6) is -0.978. The number of anilines is 1. The molecule has 2 aliphatic rings. The van der Waals surface area contributed by atoms with Crippen LogP contribution < -0.4 is 15.5 Å². The fraction of sp³-hybridized carbons (Fsp3) is 0.333. The third-order valence-electron chi connectivity index (χ3n) is 5.76. The molecule has 0 aromatic heterocycles. The molecule has 1 fully saturated rings. The van der Waals surface area contributed by atoms with Crippen LogP contribution in [-0.2, 0) is 9.53 Å². The molecule has 1 saturated heterocycles. The van der Waals surface area contributed by atoms with E-state index in [2.05, 4.69) is 20.4 Å². The average Bonchev–Trinajstić information content (AvgIpc) is 2.79. The Bertz CT molecular complexity index is 1070. The molecule has 7 nitrogen and oxygen atoms in total. The number of nitrogens with one attached hydrogen (secondary N) is 2. The molecule has 0 bridgehead atoms. The molecule has 0 aliphatic carbocycles. The van der Waals surface area contributed by atoms with E-state index in [0.29, 0.717) is 28.4 Å². The maximum Gasteiger partial charge on any atom is 0.338 e. The number of esters is 1. The minimum atomic E-state index is -0.795. The van der Waals surface area contributed by atoms with Gasteiger partial charge in [0.15, 0.2) is 0 Å². The zero-order valence-electron chi connectivity index (χ0n) is 18.3. The van der Waals surface area contributed by atoms with Gasteiger partial charge in [-0.3, -0.25) is 4.90 Å². The Kier molecular flexibility index (Phi) is 7.15. The molecule has 2 heterocycles. The molecule has 0 radical (unpaired) electrons. The van der Waals surface area contributed by atoms with Crippen LogP contribution in [0.4, 0.5) is 14.9 Å². The van der Waals surface area contributed by atoms with Gasteiger partial charge in [-0.1, -0.05) is 29.8 Å². The fourth-order valence-electron chi connectivity index (χ4n) is 4.19. The molecule has 2 amide bonds. The number of benzene rings is 2. The lowest BCUT2D eigenvalue weighted by molar-refractivity contribution is -0.139. The summed E-state index contributed by atoms with van der Waals surface area (Å²) in [6.07, 6.45) is 0. The van der Waals surface area contributed by atoms with E-state index >= 15 is 0 Å². The minimum absolute atomic E-state index is 0.192. The number of urea groups is 1. The Morgan fingerprint density at radius 2 is 1.91 bits per heavy atom. The van der Waals surface area contributed by atoms with Crippen molar-refractivity contribution in [3.8, 4) is 0 Å². The zero-order chi connectivity index (χ0) is 23.4. The third kappa shape index (κ3) is 5.46. The largest absolute Gasteiger partial charge is 0.463 e. The van der Waals surface area contributed by atoms with Gasteiger partial charge in [0.25, 0.3) is 0 Å². The molecule has 1 atom stereocenters. The van der Waals surface area contributed by atoms with Gasteiger partial charge in [0.05, 0.1) is 18.2 Å². The summed E-state index contributed by atoms with van der Waals surface area (Å²) in [6, 6.07) is 12.4. The Hall–Kier alpha value is -3.10. The van der Waals surface area contributed by atoms with Crippen LogP contribution in [-0.4, -0.2) is 56.2 Å². The fourth-order valence-corrected chi connectivity index (χ4v) is 4.37. The maximum atomic E-state index is 13.9. The van der Waals surface area contributed by atoms with Crippen molar-refractivity contribution in [2.45, 2.75) is 13.0 Å². The van der Waals surface area contributed by atoms with Crippen LogP contribution in [0.3, 0.4) is 0 Å². The summed E-state index contributed by atoms with van der Waals surface area (Å²) in [7, 11) is 0. The van der Waals surface area contributed by atoms with E-state index in [0.717, 1.165) is 31.9 Å². The second-order valence-corrected chi connectivity index (χ2v) is 8.38. The smallest absolute Gasteiger partial charge is 0.338 e.